The molecule has 13 heteroatoms. The average molecular weight is 514 g/mol. The molecule has 3 aromatic rings. The van der Waals surface area contributed by atoms with Gasteiger partial charge >= 0.3 is 24.3 Å². The van der Waals surface area contributed by atoms with Crippen molar-refractivity contribution < 1.29 is 42.1 Å². The minimum Gasteiger partial charge on any atom is -0.476 e. The van der Waals surface area contributed by atoms with Crippen LogP contribution in [0.1, 0.15) is 16.1 Å². The van der Waals surface area contributed by atoms with E-state index in [1.807, 2.05) is 0 Å². The Morgan fingerprint density at radius 1 is 1.14 bits per heavy atom. The van der Waals surface area contributed by atoms with E-state index in [9.17, 15) is 27.9 Å². The number of aromatic nitrogens is 2. The van der Waals surface area contributed by atoms with Gasteiger partial charge in [0.25, 0.3) is 0 Å². The molecule has 0 saturated heterocycles. The van der Waals surface area contributed by atoms with E-state index in [2.05, 4.69) is 14.5 Å². The fourth-order valence-corrected chi connectivity index (χ4v) is 3.19. The lowest BCUT2D eigenvalue weighted by molar-refractivity contribution is -0.274. The molecule has 1 N–H and O–H groups in total. The van der Waals surface area contributed by atoms with Crippen LogP contribution >= 0.6 is 11.6 Å². The first-order valence-electron chi connectivity index (χ1n) is 9.86. The third-order valence-corrected chi connectivity index (χ3v) is 4.83. The van der Waals surface area contributed by atoms with E-state index < -0.39 is 24.1 Å². The second-order valence-electron chi connectivity index (χ2n) is 7.14. The third kappa shape index (κ3) is 6.79. The van der Waals surface area contributed by atoms with Gasteiger partial charge in [-0.1, -0.05) is 29.8 Å². The number of likely N-dealkylation sites (N-methyl/N-ethyl adjacent to an activating group) is 1. The molecule has 35 heavy (non-hydrogen) atoms. The molecule has 0 spiro atoms. The quantitative estimate of drug-likeness (QED) is 0.415. The summed E-state index contributed by atoms with van der Waals surface area (Å²) in [6.07, 6.45) is -4.91. The number of aromatic carboxylic acids is 1. The molecule has 0 atom stereocenters. The molecule has 0 aliphatic heterocycles. The predicted octanol–water partition coefficient (Wildman–Crippen LogP) is 4.58. The Labute approximate surface area is 202 Å². The van der Waals surface area contributed by atoms with Crippen LogP contribution < -0.4 is 14.4 Å². The van der Waals surface area contributed by atoms with Crippen molar-refractivity contribution in [1.29, 1.82) is 0 Å². The second-order valence-corrected chi connectivity index (χ2v) is 7.58. The maximum atomic E-state index is 12.6. The number of hydrogen-bond donors (Lipinski definition) is 1. The standard InChI is InChI=1S/C22H19ClF3N3O6/c1-28(12-17(30)33-2)19-18(20(31)32)29(11-13-6-8-14(23)9-7-13)21(27-19)34-15-4-3-5-16(10-15)35-22(24,25)26/h3-10H,11-12H2,1-2H3,(H,31,32). The highest BCUT2D eigenvalue weighted by atomic mass is 35.5. The molecule has 186 valence electrons. The van der Waals surface area contributed by atoms with Crippen molar-refractivity contribution in [3.63, 3.8) is 0 Å². The maximum absolute atomic E-state index is 12.6. The van der Waals surface area contributed by atoms with Crippen LogP contribution in [0.2, 0.25) is 5.02 Å². The summed E-state index contributed by atoms with van der Waals surface area (Å²) in [5.74, 6) is -2.76. The van der Waals surface area contributed by atoms with Crippen molar-refractivity contribution >= 4 is 29.4 Å². The Bertz CT molecular complexity index is 1210. The van der Waals surface area contributed by atoms with Gasteiger partial charge in [-0.15, -0.1) is 13.2 Å². The van der Waals surface area contributed by atoms with Crippen LogP contribution in [-0.2, 0) is 16.1 Å². The largest absolute Gasteiger partial charge is 0.573 e. The minimum absolute atomic E-state index is 0.0358. The fraction of sp³-hybridized carbons (Fsp3) is 0.227. The smallest absolute Gasteiger partial charge is 0.476 e. The van der Waals surface area contributed by atoms with Gasteiger partial charge < -0.3 is 24.2 Å². The highest BCUT2D eigenvalue weighted by Gasteiger charge is 2.31. The zero-order valence-electron chi connectivity index (χ0n) is 18.4. The summed E-state index contributed by atoms with van der Waals surface area (Å²) in [7, 11) is 2.61. The first-order chi connectivity index (χ1) is 16.5. The Hall–Kier alpha value is -3.93. The highest BCUT2D eigenvalue weighted by molar-refractivity contribution is 6.30. The van der Waals surface area contributed by atoms with Crippen LogP contribution in [0.15, 0.2) is 48.5 Å². The third-order valence-electron chi connectivity index (χ3n) is 4.57. The average Bonchev–Trinajstić information content (AvgIpc) is 3.12. The number of ether oxygens (including phenoxy) is 3. The Kier molecular flexibility index (Phi) is 7.75. The van der Waals surface area contributed by atoms with Crippen molar-refractivity contribution in [1.82, 2.24) is 9.55 Å². The molecule has 0 bridgehead atoms. The summed E-state index contributed by atoms with van der Waals surface area (Å²) in [6.45, 7) is -0.352. The zero-order valence-corrected chi connectivity index (χ0v) is 19.1. The monoisotopic (exact) mass is 513 g/mol. The number of rotatable bonds is 9. The number of nitrogens with zero attached hydrogens (tertiary/aromatic N) is 3. The molecule has 0 fully saturated rings. The number of halogens is 4. The first kappa shape index (κ1) is 25.7. The Morgan fingerprint density at radius 2 is 1.80 bits per heavy atom. The van der Waals surface area contributed by atoms with Crippen LogP contribution in [0, 0.1) is 0 Å². The number of anilines is 1. The molecule has 3 rings (SSSR count). The molecule has 0 aliphatic carbocycles. The number of esters is 1. The van der Waals surface area contributed by atoms with Gasteiger partial charge in [0.1, 0.15) is 18.0 Å². The van der Waals surface area contributed by atoms with Crippen LogP contribution in [0.5, 0.6) is 17.5 Å². The molecule has 0 amide bonds. The van der Waals surface area contributed by atoms with Gasteiger partial charge in [0.05, 0.1) is 13.7 Å². The summed E-state index contributed by atoms with van der Waals surface area (Å²) in [5, 5.41) is 10.4. The number of imidazole rings is 1. The van der Waals surface area contributed by atoms with E-state index in [-0.39, 0.29) is 36.4 Å². The number of hydrogen-bond acceptors (Lipinski definition) is 7. The van der Waals surface area contributed by atoms with Crippen molar-refractivity contribution in [2.45, 2.75) is 12.9 Å². The van der Waals surface area contributed by atoms with E-state index >= 15 is 0 Å². The fourth-order valence-electron chi connectivity index (χ4n) is 3.07. The molecule has 0 unspecified atom stereocenters. The molecule has 0 aliphatic rings. The van der Waals surface area contributed by atoms with E-state index in [1.165, 1.54) is 35.8 Å². The van der Waals surface area contributed by atoms with Gasteiger partial charge in [-0.2, -0.15) is 4.98 Å². The van der Waals surface area contributed by atoms with E-state index in [1.54, 1.807) is 24.3 Å². The van der Waals surface area contributed by atoms with Crippen molar-refractivity contribution in [3.05, 3.63) is 64.8 Å². The SMILES string of the molecule is COC(=O)CN(C)c1nc(Oc2cccc(OC(F)(F)F)c2)n(Cc2ccc(Cl)cc2)c1C(=O)O. The molecular formula is C22H19ClF3N3O6. The number of carbonyl (C=O) groups excluding carboxylic acids is 1. The first-order valence-corrected chi connectivity index (χ1v) is 10.2. The van der Waals surface area contributed by atoms with E-state index in [4.69, 9.17) is 16.3 Å². The number of carbonyl (C=O) groups is 2. The van der Waals surface area contributed by atoms with Gasteiger partial charge in [-0.05, 0) is 29.8 Å². The maximum Gasteiger partial charge on any atom is 0.573 e. The van der Waals surface area contributed by atoms with Crippen LogP contribution in [0.25, 0.3) is 0 Å². The van der Waals surface area contributed by atoms with E-state index in [0.717, 1.165) is 12.1 Å². The molecule has 9 nitrogen and oxygen atoms in total. The lowest BCUT2D eigenvalue weighted by atomic mass is 10.2. The molecule has 0 radical (unpaired) electrons. The van der Waals surface area contributed by atoms with E-state index in [0.29, 0.717) is 10.6 Å². The van der Waals surface area contributed by atoms with Crippen molar-refractivity contribution in [2.75, 3.05) is 25.6 Å². The Morgan fingerprint density at radius 3 is 2.40 bits per heavy atom. The van der Waals surface area contributed by atoms with Crippen LogP contribution in [0.3, 0.4) is 0 Å². The summed E-state index contributed by atoms with van der Waals surface area (Å²) < 4.78 is 53.2. The normalized spacial score (nSPS) is 11.1. The molecule has 1 heterocycles. The second kappa shape index (κ2) is 10.6. The van der Waals surface area contributed by atoms with Gasteiger partial charge in [0.15, 0.2) is 11.5 Å². The number of carboxylic acids is 1. The zero-order chi connectivity index (χ0) is 25.8. The van der Waals surface area contributed by atoms with Crippen molar-refractivity contribution in [3.8, 4) is 17.5 Å². The van der Waals surface area contributed by atoms with Gasteiger partial charge in [-0.3, -0.25) is 9.36 Å². The molecule has 2 aromatic carbocycles. The summed E-state index contributed by atoms with van der Waals surface area (Å²) >= 11 is 5.92. The summed E-state index contributed by atoms with van der Waals surface area (Å²) in [6, 6.07) is 11.0. The topological polar surface area (TPSA) is 103 Å². The number of alkyl halides is 3. The lowest BCUT2D eigenvalue weighted by Gasteiger charge is -2.16. The van der Waals surface area contributed by atoms with Crippen LogP contribution in [0.4, 0.5) is 19.0 Å². The van der Waals surface area contributed by atoms with Gasteiger partial charge in [0.2, 0.25) is 0 Å². The number of methoxy groups -OCH3 is 1. The number of benzene rings is 2. The minimum atomic E-state index is -4.91. The van der Waals surface area contributed by atoms with Crippen LogP contribution in [-0.4, -0.2) is 53.7 Å². The highest BCUT2D eigenvalue weighted by Crippen LogP contribution is 2.32. The van der Waals surface area contributed by atoms with Gasteiger partial charge in [-0.25, -0.2) is 4.79 Å². The summed E-state index contributed by atoms with van der Waals surface area (Å²) in [4.78, 5) is 29.4. The van der Waals surface area contributed by atoms with Crippen molar-refractivity contribution in [2.24, 2.45) is 0 Å². The summed E-state index contributed by atoms with van der Waals surface area (Å²) in [5.41, 5.74) is 0.319. The Balaban J connectivity index is 2.06. The molecule has 0 saturated carbocycles. The predicted molar refractivity (Wildman–Crippen MR) is 118 cm³/mol. The number of carboxylic acid groups (broad SMARTS) is 1. The molecular weight excluding hydrogens is 495 g/mol. The molecule has 1 aromatic heterocycles. The lowest BCUT2D eigenvalue weighted by Crippen LogP contribution is -2.28. The van der Waals surface area contributed by atoms with Gasteiger partial charge in [0, 0.05) is 18.1 Å².